The van der Waals surface area contributed by atoms with E-state index in [2.05, 4.69) is 12.1 Å². The third-order valence-electron chi connectivity index (χ3n) is 4.93. The van der Waals surface area contributed by atoms with Gasteiger partial charge in [-0.2, -0.15) is 0 Å². The minimum Gasteiger partial charge on any atom is -0.339 e. The van der Waals surface area contributed by atoms with Crippen LogP contribution in [0, 0.1) is 6.92 Å². The number of amides is 1. The van der Waals surface area contributed by atoms with Gasteiger partial charge >= 0.3 is 0 Å². The van der Waals surface area contributed by atoms with E-state index >= 15 is 0 Å². The quantitative estimate of drug-likeness (QED) is 0.825. The first-order chi connectivity index (χ1) is 11.9. The highest BCUT2D eigenvalue weighted by molar-refractivity contribution is 7.91. The summed E-state index contributed by atoms with van der Waals surface area (Å²) in [5, 5.41) is 0. The third kappa shape index (κ3) is 3.76. The van der Waals surface area contributed by atoms with Crippen LogP contribution in [-0.4, -0.2) is 32.0 Å². The summed E-state index contributed by atoms with van der Waals surface area (Å²) in [6, 6.07) is 14.9. The van der Waals surface area contributed by atoms with E-state index in [0.717, 1.165) is 18.4 Å². The Labute approximate surface area is 149 Å². The molecule has 0 saturated heterocycles. The van der Waals surface area contributed by atoms with Crippen molar-refractivity contribution in [3.63, 3.8) is 0 Å². The van der Waals surface area contributed by atoms with Crippen molar-refractivity contribution in [1.82, 2.24) is 4.90 Å². The van der Waals surface area contributed by atoms with Gasteiger partial charge < -0.3 is 4.90 Å². The molecule has 1 aliphatic rings. The Kier molecular flexibility index (Phi) is 4.95. The SMILES string of the molecule is Cc1ccc(S(=O)(=O)CCC(=O)N(C)C2CCc3ccccc32)cc1. The van der Waals surface area contributed by atoms with E-state index in [1.807, 2.05) is 19.1 Å². The van der Waals surface area contributed by atoms with E-state index < -0.39 is 9.84 Å². The Bertz CT molecular complexity index is 872. The van der Waals surface area contributed by atoms with Gasteiger partial charge in [0.1, 0.15) is 0 Å². The topological polar surface area (TPSA) is 54.5 Å². The first kappa shape index (κ1) is 17.7. The summed E-state index contributed by atoms with van der Waals surface area (Å²) in [6.07, 6.45) is 1.86. The lowest BCUT2D eigenvalue weighted by atomic mass is 10.1. The number of carbonyl (C=O) groups excluding carboxylic acids is 1. The van der Waals surface area contributed by atoms with Crippen LogP contribution in [0.3, 0.4) is 0 Å². The van der Waals surface area contributed by atoms with Crippen molar-refractivity contribution in [1.29, 1.82) is 0 Å². The van der Waals surface area contributed by atoms with E-state index in [4.69, 9.17) is 0 Å². The molecule has 1 atom stereocenters. The maximum atomic E-state index is 12.5. The second-order valence-electron chi connectivity index (χ2n) is 6.64. The highest BCUT2D eigenvalue weighted by Crippen LogP contribution is 2.35. The number of hydrogen-bond acceptors (Lipinski definition) is 3. The summed E-state index contributed by atoms with van der Waals surface area (Å²) in [7, 11) is -1.67. The summed E-state index contributed by atoms with van der Waals surface area (Å²) >= 11 is 0. The molecule has 4 nitrogen and oxygen atoms in total. The van der Waals surface area contributed by atoms with Crippen LogP contribution in [-0.2, 0) is 21.1 Å². The number of benzene rings is 2. The van der Waals surface area contributed by atoms with Crippen LogP contribution in [0.2, 0.25) is 0 Å². The fraction of sp³-hybridized carbons (Fsp3) is 0.350. The highest BCUT2D eigenvalue weighted by Gasteiger charge is 2.28. The van der Waals surface area contributed by atoms with Crippen molar-refractivity contribution in [3.8, 4) is 0 Å². The van der Waals surface area contributed by atoms with Crippen molar-refractivity contribution in [3.05, 3.63) is 65.2 Å². The van der Waals surface area contributed by atoms with E-state index in [9.17, 15) is 13.2 Å². The maximum absolute atomic E-state index is 12.5. The van der Waals surface area contributed by atoms with Gasteiger partial charge in [0, 0.05) is 13.5 Å². The Balaban J connectivity index is 1.65. The fourth-order valence-corrected chi connectivity index (χ4v) is 4.60. The number of aryl methyl sites for hydroxylation is 2. The second kappa shape index (κ2) is 7.00. The number of rotatable bonds is 5. The molecule has 0 fully saturated rings. The highest BCUT2D eigenvalue weighted by atomic mass is 32.2. The van der Waals surface area contributed by atoms with E-state index in [1.54, 1.807) is 36.2 Å². The molecule has 0 saturated carbocycles. The van der Waals surface area contributed by atoms with Gasteiger partial charge in [0.25, 0.3) is 0 Å². The Morgan fingerprint density at radius 3 is 2.52 bits per heavy atom. The minimum atomic E-state index is -3.44. The van der Waals surface area contributed by atoms with Crippen LogP contribution in [0.15, 0.2) is 53.4 Å². The van der Waals surface area contributed by atoms with E-state index in [-0.39, 0.29) is 29.0 Å². The largest absolute Gasteiger partial charge is 0.339 e. The molecule has 2 aromatic rings. The molecule has 0 radical (unpaired) electrons. The van der Waals surface area contributed by atoms with Crippen molar-refractivity contribution < 1.29 is 13.2 Å². The Morgan fingerprint density at radius 1 is 1.12 bits per heavy atom. The van der Waals surface area contributed by atoms with Gasteiger partial charge in [-0.25, -0.2) is 8.42 Å². The number of carbonyl (C=O) groups is 1. The summed E-state index contributed by atoms with van der Waals surface area (Å²) < 4.78 is 24.8. The molecule has 0 aliphatic heterocycles. The molecule has 0 spiro atoms. The number of hydrogen-bond donors (Lipinski definition) is 0. The lowest BCUT2D eigenvalue weighted by Crippen LogP contribution is -2.31. The summed E-state index contributed by atoms with van der Waals surface area (Å²) in [4.78, 5) is 14.5. The van der Waals surface area contributed by atoms with Gasteiger partial charge in [-0.1, -0.05) is 42.0 Å². The average molecular weight is 357 g/mol. The molecule has 1 unspecified atom stereocenters. The number of fused-ring (bicyclic) bond motifs is 1. The number of sulfone groups is 1. The molecule has 2 aromatic carbocycles. The fourth-order valence-electron chi connectivity index (χ4n) is 3.37. The zero-order valence-corrected chi connectivity index (χ0v) is 15.4. The normalized spacial score (nSPS) is 16.5. The van der Waals surface area contributed by atoms with Crippen LogP contribution in [0.4, 0.5) is 0 Å². The van der Waals surface area contributed by atoms with Crippen molar-refractivity contribution in [2.75, 3.05) is 12.8 Å². The Morgan fingerprint density at radius 2 is 1.80 bits per heavy atom. The van der Waals surface area contributed by atoms with Gasteiger partial charge in [0.15, 0.2) is 9.84 Å². The first-order valence-corrected chi connectivity index (χ1v) is 10.2. The summed E-state index contributed by atoms with van der Waals surface area (Å²) in [5.74, 6) is -0.287. The number of nitrogens with zero attached hydrogens (tertiary/aromatic N) is 1. The van der Waals surface area contributed by atoms with Crippen LogP contribution >= 0.6 is 0 Å². The third-order valence-corrected chi connectivity index (χ3v) is 6.66. The van der Waals surface area contributed by atoms with Gasteiger partial charge in [0.05, 0.1) is 16.7 Å². The van der Waals surface area contributed by atoms with E-state index in [0.29, 0.717) is 0 Å². The van der Waals surface area contributed by atoms with Gasteiger partial charge in [-0.05, 0) is 43.0 Å². The molecule has 0 aromatic heterocycles. The molecule has 5 heteroatoms. The molecule has 1 amide bonds. The monoisotopic (exact) mass is 357 g/mol. The van der Waals surface area contributed by atoms with Gasteiger partial charge in [-0.3, -0.25) is 4.79 Å². The molecule has 0 N–H and O–H groups in total. The zero-order chi connectivity index (χ0) is 18.0. The minimum absolute atomic E-state index is 0.00533. The maximum Gasteiger partial charge on any atom is 0.223 e. The molecule has 1 aliphatic carbocycles. The smallest absolute Gasteiger partial charge is 0.223 e. The Hall–Kier alpha value is -2.14. The summed E-state index contributed by atoms with van der Waals surface area (Å²) in [6.45, 7) is 1.91. The standard InChI is InChI=1S/C20H23NO3S/c1-15-7-10-17(11-8-15)25(23,24)14-13-20(22)21(2)19-12-9-16-5-3-4-6-18(16)19/h3-8,10-11,19H,9,12-14H2,1-2H3. The van der Waals surface area contributed by atoms with Crippen LogP contribution in [0.5, 0.6) is 0 Å². The molecule has 3 rings (SSSR count). The predicted molar refractivity (Wildman–Crippen MR) is 98.1 cm³/mol. The molecule has 25 heavy (non-hydrogen) atoms. The van der Waals surface area contributed by atoms with E-state index in [1.165, 1.54) is 11.1 Å². The van der Waals surface area contributed by atoms with Gasteiger partial charge in [0.2, 0.25) is 5.91 Å². The average Bonchev–Trinajstić information content (AvgIpc) is 3.03. The van der Waals surface area contributed by atoms with Crippen LogP contribution in [0.1, 0.15) is 35.6 Å². The molecule has 0 bridgehead atoms. The van der Waals surface area contributed by atoms with Gasteiger partial charge in [-0.15, -0.1) is 0 Å². The summed E-state index contributed by atoms with van der Waals surface area (Å²) in [5.41, 5.74) is 3.47. The van der Waals surface area contributed by atoms with Crippen LogP contribution < -0.4 is 0 Å². The molecule has 132 valence electrons. The molecule has 0 heterocycles. The van der Waals surface area contributed by atoms with Crippen molar-refractivity contribution >= 4 is 15.7 Å². The second-order valence-corrected chi connectivity index (χ2v) is 8.75. The van der Waals surface area contributed by atoms with Crippen molar-refractivity contribution in [2.24, 2.45) is 0 Å². The first-order valence-electron chi connectivity index (χ1n) is 8.51. The van der Waals surface area contributed by atoms with Crippen molar-refractivity contribution in [2.45, 2.75) is 37.1 Å². The van der Waals surface area contributed by atoms with Crippen LogP contribution in [0.25, 0.3) is 0 Å². The molecular weight excluding hydrogens is 334 g/mol. The zero-order valence-electron chi connectivity index (χ0n) is 14.6. The molecular formula is C20H23NO3S. The predicted octanol–water partition coefficient (Wildman–Crippen LogP) is 3.30. The lowest BCUT2D eigenvalue weighted by Gasteiger charge is -2.25. The lowest BCUT2D eigenvalue weighted by molar-refractivity contribution is -0.131.